The molecule has 0 aromatic heterocycles. The van der Waals surface area contributed by atoms with Crippen LogP contribution in [0.25, 0.3) is 0 Å². The van der Waals surface area contributed by atoms with Gasteiger partial charge in [0.05, 0.1) is 24.8 Å². The Kier molecular flexibility index (Phi) is 9.97. The molecule has 3 rings (SSSR count). The molecular formula is C30H36ClN3O5. The number of aromatic hydroxyl groups is 2. The zero-order valence-corrected chi connectivity index (χ0v) is 23.2. The Morgan fingerprint density at radius 2 is 1.79 bits per heavy atom. The SMILES string of the molecule is CCN(C[C@H](O)c1ccc(O)c(N(C=O)Cc2ccc(O)cc2Cl)c1)C(C)(C)Cc1cccc(CC(N)=O)c1. The number of benzene rings is 3. The molecule has 2 amide bonds. The molecule has 39 heavy (non-hydrogen) atoms. The second kappa shape index (κ2) is 13.0. The van der Waals surface area contributed by atoms with Crippen LogP contribution in [0, 0.1) is 0 Å². The number of halogens is 1. The Balaban J connectivity index is 1.78. The molecule has 1 atom stereocenters. The van der Waals surface area contributed by atoms with Gasteiger partial charge in [-0.2, -0.15) is 0 Å². The number of rotatable bonds is 13. The molecule has 0 bridgehead atoms. The van der Waals surface area contributed by atoms with Gasteiger partial charge in [0.1, 0.15) is 11.5 Å². The maximum Gasteiger partial charge on any atom is 0.221 e. The second-order valence-electron chi connectivity index (χ2n) is 10.3. The third-order valence-electron chi connectivity index (χ3n) is 6.84. The predicted octanol–water partition coefficient (Wildman–Crippen LogP) is 4.32. The normalized spacial score (nSPS) is 12.4. The van der Waals surface area contributed by atoms with Crippen LogP contribution in [0.3, 0.4) is 0 Å². The number of phenolic OH excluding ortho intramolecular Hbond substituents is 2. The average Bonchev–Trinajstić information content (AvgIpc) is 2.86. The Hall–Kier alpha value is -3.59. The summed E-state index contributed by atoms with van der Waals surface area (Å²) in [6.07, 6.45) is 0.565. The highest BCUT2D eigenvalue weighted by molar-refractivity contribution is 6.31. The monoisotopic (exact) mass is 553 g/mol. The van der Waals surface area contributed by atoms with E-state index in [9.17, 15) is 24.9 Å². The van der Waals surface area contributed by atoms with Crippen LogP contribution in [0.1, 0.15) is 49.1 Å². The number of amides is 2. The highest BCUT2D eigenvalue weighted by Gasteiger charge is 2.28. The van der Waals surface area contributed by atoms with E-state index in [2.05, 4.69) is 18.7 Å². The molecule has 0 aliphatic carbocycles. The van der Waals surface area contributed by atoms with Crippen LogP contribution >= 0.6 is 11.6 Å². The number of carbonyl (C=O) groups is 2. The second-order valence-corrected chi connectivity index (χ2v) is 10.7. The number of aliphatic hydroxyl groups is 1. The third kappa shape index (κ3) is 7.95. The standard InChI is InChI=1S/C30H36ClN3O5/c1-4-34(30(2,3)16-21-7-5-6-20(12-21)13-29(32)39)18-28(38)22-9-11-27(37)26(14-22)33(19-35)17-23-8-10-24(36)15-25(23)31/h5-12,14-15,19,28,36-38H,4,13,16-18H2,1-3H3,(H2,32,39)/t28-/m0/s1. The fourth-order valence-corrected chi connectivity index (χ4v) is 5.02. The molecule has 208 valence electrons. The molecule has 0 aliphatic rings. The van der Waals surface area contributed by atoms with Crippen molar-refractivity contribution in [1.29, 1.82) is 0 Å². The van der Waals surface area contributed by atoms with Crippen LogP contribution in [0.4, 0.5) is 5.69 Å². The number of nitrogens with zero attached hydrogens (tertiary/aromatic N) is 2. The van der Waals surface area contributed by atoms with Gasteiger partial charge < -0.3 is 26.0 Å². The number of phenols is 2. The number of likely N-dealkylation sites (N-methyl/N-ethyl adjacent to an activating group) is 1. The van der Waals surface area contributed by atoms with E-state index in [1.54, 1.807) is 18.2 Å². The van der Waals surface area contributed by atoms with Crippen LogP contribution in [-0.2, 0) is 29.0 Å². The first-order chi connectivity index (χ1) is 18.4. The lowest BCUT2D eigenvalue weighted by Gasteiger charge is -2.39. The topological polar surface area (TPSA) is 127 Å². The van der Waals surface area contributed by atoms with Gasteiger partial charge in [0.15, 0.2) is 0 Å². The van der Waals surface area contributed by atoms with Crippen molar-refractivity contribution in [2.24, 2.45) is 5.73 Å². The summed E-state index contributed by atoms with van der Waals surface area (Å²) >= 11 is 6.21. The fraction of sp³-hybridized carbons (Fsp3) is 0.333. The lowest BCUT2D eigenvalue weighted by molar-refractivity contribution is -0.117. The molecule has 0 fully saturated rings. The Morgan fingerprint density at radius 1 is 1.08 bits per heavy atom. The molecule has 0 saturated carbocycles. The maximum atomic E-state index is 12.0. The molecule has 0 unspecified atom stereocenters. The van der Waals surface area contributed by atoms with Crippen molar-refractivity contribution in [2.75, 3.05) is 18.0 Å². The molecular weight excluding hydrogens is 518 g/mol. The number of aliphatic hydroxyl groups excluding tert-OH is 1. The van der Waals surface area contributed by atoms with Crippen LogP contribution in [0.15, 0.2) is 60.7 Å². The Morgan fingerprint density at radius 3 is 2.44 bits per heavy atom. The predicted molar refractivity (Wildman–Crippen MR) is 153 cm³/mol. The Labute approximate surface area is 234 Å². The van der Waals surface area contributed by atoms with Crippen molar-refractivity contribution in [3.8, 4) is 11.5 Å². The smallest absolute Gasteiger partial charge is 0.221 e. The van der Waals surface area contributed by atoms with E-state index in [4.69, 9.17) is 17.3 Å². The quantitative estimate of drug-likeness (QED) is 0.233. The van der Waals surface area contributed by atoms with E-state index < -0.39 is 6.10 Å². The van der Waals surface area contributed by atoms with Gasteiger partial charge in [-0.15, -0.1) is 0 Å². The molecule has 3 aromatic carbocycles. The summed E-state index contributed by atoms with van der Waals surface area (Å²) in [5, 5.41) is 31.6. The van der Waals surface area contributed by atoms with Crippen LogP contribution in [0.5, 0.6) is 11.5 Å². The minimum Gasteiger partial charge on any atom is -0.508 e. The van der Waals surface area contributed by atoms with Gasteiger partial charge in [0.25, 0.3) is 0 Å². The minimum absolute atomic E-state index is 0.0103. The summed E-state index contributed by atoms with van der Waals surface area (Å²) in [6, 6.07) is 16.9. The number of β-amino-alcohol motifs (C(OH)–C–C–N with tert-alkyl or cyclic N) is 1. The summed E-state index contributed by atoms with van der Waals surface area (Å²) in [4.78, 5) is 26.8. The van der Waals surface area contributed by atoms with Crippen molar-refractivity contribution in [3.63, 3.8) is 0 Å². The van der Waals surface area contributed by atoms with E-state index in [1.165, 1.54) is 23.1 Å². The number of hydrogen-bond acceptors (Lipinski definition) is 6. The van der Waals surface area contributed by atoms with Crippen molar-refractivity contribution in [3.05, 3.63) is 87.9 Å². The van der Waals surface area contributed by atoms with Gasteiger partial charge in [0.2, 0.25) is 12.3 Å². The molecule has 5 N–H and O–H groups in total. The van der Waals surface area contributed by atoms with E-state index >= 15 is 0 Å². The third-order valence-corrected chi connectivity index (χ3v) is 7.19. The first kappa shape index (κ1) is 30.0. The van der Waals surface area contributed by atoms with Crippen molar-refractivity contribution >= 4 is 29.6 Å². The van der Waals surface area contributed by atoms with Crippen molar-refractivity contribution < 1.29 is 24.9 Å². The van der Waals surface area contributed by atoms with E-state index in [-0.39, 0.29) is 41.6 Å². The summed E-state index contributed by atoms with van der Waals surface area (Å²) < 4.78 is 0. The van der Waals surface area contributed by atoms with Gasteiger partial charge >= 0.3 is 0 Å². The molecule has 0 saturated heterocycles. The first-order valence-corrected chi connectivity index (χ1v) is 13.1. The molecule has 0 aliphatic heterocycles. The number of carbonyl (C=O) groups excluding carboxylic acids is 2. The zero-order valence-electron chi connectivity index (χ0n) is 22.5. The van der Waals surface area contributed by atoms with E-state index in [0.29, 0.717) is 42.1 Å². The van der Waals surface area contributed by atoms with Crippen LogP contribution < -0.4 is 10.6 Å². The van der Waals surface area contributed by atoms with Gasteiger partial charge in [0, 0.05) is 17.1 Å². The molecule has 9 heteroatoms. The lowest BCUT2D eigenvalue weighted by Crippen LogP contribution is -2.47. The molecule has 8 nitrogen and oxygen atoms in total. The number of hydrogen-bond donors (Lipinski definition) is 4. The van der Waals surface area contributed by atoms with Crippen molar-refractivity contribution in [1.82, 2.24) is 4.90 Å². The van der Waals surface area contributed by atoms with Gasteiger partial charge in [-0.25, -0.2) is 0 Å². The van der Waals surface area contributed by atoms with Gasteiger partial charge in [-0.05, 0) is 73.3 Å². The summed E-state index contributed by atoms with van der Waals surface area (Å²) in [5.41, 5.74) is 8.32. The average molecular weight is 554 g/mol. The number of nitrogens with two attached hydrogens (primary N) is 1. The summed E-state index contributed by atoms with van der Waals surface area (Å²) in [5.74, 6) is -0.482. The molecule has 3 aromatic rings. The zero-order chi connectivity index (χ0) is 28.7. The summed E-state index contributed by atoms with van der Waals surface area (Å²) in [6.45, 7) is 7.28. The van der Waals surface area contributed by atoms with Crippen molar-refractivity contribution in [2.45, 2.75) is 51.8 Å². The maximum absolute atomic E-state index is 12.0. The molecule has 0 radical (unpaired) electrons. The van der Waals surface area contributed by atoms with Crippen LogP contribution in [-0.4, -0.2) is 51.2 Å². The van der Waals surface area contributed by atoms with Crippen LogP contribution in [0.2, 0.25) is 5.02 Å². The highest BCUT2D eigenvalue weighted by Crippen LogP contribution is 2.33. The molecule has 0 spiro atoms. The lowest BCUT2D eigenvalue weighted by atomic mass is 9.91. The Bertz CT molecular complexity index is 1310. The largest absolute Gasteiger partial charge is 0.508 e. The van der Waals surface area contributed by atoms with Gasteiger partial charge in [-0.3, -0.25) is 14.5 Å². The minimum atomic E-state index is -0.893. The number of primary amides is 1. The first-order valence-electron chi connectivity index (χ1n) is 12.7. The fourth-order valence-electron chi connectivity index (χ4n) is 4.79. The van der Waals surface area contributed by atoms with E-state index in [1.807, 2.05) is 31.2 Å². The highest BCUT2D eigenvalue weighted by atomic mass is 35.5. The van der Waals surface area contributed by atoms with E-state index in [0.717, 1.165) is 11.1 Å². The summed E-state index contributed by atoms with van der Waals surface area (Å²) in [7, 11) is 0. The molecule has 0 heterocycles. The number of anilines is 1. The van der Waals surface area contributed by atoms with Gasteiger partial charge in [-0.1, -0.05) is 54.9 Å².